The molecule has 0 unspecified atom stereocenters. The van der Waals surface area contributed by atoms with Gasteiger partial charge < -0.3 is 24.0 Å². The van der Waals surface area contributed by atoms with E-state index in [9.17, 15) is 0 Å². The monoisotopic (exact) mass is 365 g/mol. The van der Waals surface area contributed by atoms with Crippen molar-refractivity contribution in [1.29, 1.82) is 0 Å². The Kier molecular flexibility index (Phi) is 4.52. The Bertz CT molecular complexity index is 676. The van der Waals surface area contributed by atoms with Gasteiger partial charge in [-0.1, -0.05) is 19.1 Å². The fourth-order valence-electron chi connectivity index (χ4n) is 2.30. The molecule has 2 heterocycles. The van der Waals surface area contributed by atoms with Crippen LogP contribution < -0.4 is 28.5 Å². The fraction of sp³-hybridized carbons (Fsp3) is 0.200. The molecule has 0 radical (unpaired) electrons. The number of H-pyrrole nitrogens is 1. The molecule has 3 nitrogen and oxygen atoms in total. The molecule has 0 saturated carbocycles. The van der Waals surface area contributed by atoms with Gasteiger partial charge in [0.05, 0.1) is 11.7 Å². The highest BCUT2D eigenvalue weighted by molar-refractivity contribution is 5.93. The van der Waals surface area contributed by atoms with Crippen molar-refractivity contribution in [3.63, 3.8) is 0 Å². The van der Waals surface area contributed by atoms with Crippen LogP contribution in [0.25, 0.3) is 22.0 Å². The summed E-state index contributed by atoms with van der Waals surface area (Å²) in [6.45, 7) is 3.24. The van der Waals surface area contributed by atoms with Gasteiger partial charge in [0.15, 0.2) is 12.4 Å². The minimum absolute atomic E-state index is 0. The molecule has 0 aliphatic heterocycles. The summed E-state index contributed by atoms with van der Waals surface area (Å²) >= 11 is 0. The van der Waals surface area contributed by atoms with Crippen LogP contribution in [0.5, 0.6) is 0 Å². The molecule has 0 bridgehead atoms. The summed E-state index contributed by atoms with van der Waals surface area (Å²) in [4.78, 5) is 0. The van der Waals surface area contributed by atoms with E-state index in [1.807, 2.05) is 6.20 Å². The molecule has 1 aromatic carbocycles. The molecule has 98 valence electrons. The molecule has 0 saturated heterocycles. The van der Waals surface area contributed by atoms with Gasteiger partial charge in [0, 0.05) is 23.4 Å². The molecule has 0 atom stereocenters. The van der Waals surface area contributed by atoms with Gasteiger partial charge in [0.1, 0.15) is 6.54 Å². The number of aromatic amines is 1. The number of nitrogens with one attached hydrogen (secondary N) is 1. The van der Waals surface area contributed by atoms with Gasteiger partial charge in [0.2, 0.25) is 0 Å². The number of pyridine rings is 1. The molecule has 2 aromatic heterocycles. The molecular formula is C15H16IN3. The van der Waals surface area contributed by atoms with Crippen LogP contribution in [-0.4, -0.2) is 10.2 Å². The van der Waals surface area contributed by atoms with Crippen molar-refractivity contribution >= 4 is 10.9 Å². The van der Waals surface area contributed by atoms with Crippen LogP contribution >= 0.6 is 0 Å². The number of hydrogen-bond acceptors (Lipinski definition) is 1. The largest absolute Gasteiger partial charge is 1.00 e. The van der Waals surface area contributed by atoms with Crippen LogP contribution in [0.4, 0.5) is 0 Å². The highest BCUT2D eigenvalue weighted by atomic mass is 127. The van der Waals surface area contributed by atoms with E-state index in [1.165, 1.54) is 16.5 Å². The molecule has 1 N–H and O–H groups in total. The van der Waals surface area contributed by atoms with Crippen LogP contribution in [-0.2, 0) is 6.54 Å². The summed E-state index contributed by atoms with van der Waals surface area (Å²) in [6, 6.07) is 10.5. The van der Waals surface area contributed by atoms with Crippen LogP contribution in [0.2, 0.25) is 0 Å². The van der Waals surface area contributed by atoms with E-state index >= 15 is 0 Å². The lowest BCUT2D eigenvalue weighted by molar-refractivity contribution is -0.696. The summed E-state index contributed by atoms with van der Waals surface area (Å²) in [7, 11) is 0. The first-order valence-corrected chi connectivity index (χ1v) is 6.30. The minimum Gasteiger partial charge on any atom is -1.00 e. The van der Waals surface area contributed by atoms with E-state index in [4.69, 9.17) is 0 Å². The average Bonchev–Trinajstić information content (AvgIpc) is 2.87. The molecule has 0 amide bonds. The lowest BCUT2D eigenvalue weighted by Gasteiger charge is -2.02. The number of rotatable bonds is 3. The van der Waals surface area contributed by atoms with Crippen LogP contribution in [0.1, 0.15) is 13.3 Å². The maximum absolute atomic E-state index is 4.11. The zero-order valence-corrected chi connectivity index (χ0v) is 13.0. The van der Waals surface area contributed by atoms with Crippen molar-refractivity contribution < 1.29 is 28.5 Å². The maximum atomic E-state index is 4.11. The number of aryl methyl sites for hydroxylation is 1. The summed E-state index contributed by atoms with van der Waals surface area (Å²) in [5, 5.41) is 8.30. The van der Waals surface area contributed by atoms with Gasteiger partial charge in [0.25, 0.3) is 0 Å². The molecule has 0 fully saturated rings. The second kappa shape index (κ2) is 6.14. The van der Waals surface area contributed by atoms with Crippen LogP contribution in [0.15, 0.2) is 48.9 Å². The topological polar surface area (TPSA) is 32.6 Å². The molecule has 19 heavy (non-hydrogen) atoms. The third kappa shape index (κ3) is 2.78. The van der Waals surface area contributed by atoms with Crippen molar-refractivity contribution in [2.24, 2.45) is 0 Å². The molecule has 4 heteroatoms. The SMILES string of the molecule is CCC[n+]1cccc(-c2cccc3[nH]ncc23)c1.[I-]. The number of hydrogen-bond donors (Lipinski definition) is 1. The summed E-state index contributed by atoms with van der Waals surface area (Å²) < 4.78 is 2.23. The van der Waals surface area contributed by atoms with E-state index in [-0.39, 0.29) is 24.0 Å². The molecular weight excluding hydrogens is 349 g/mol. The Morgan fingerprint density at radius 1 is 1.21 bits per heavy atom. The van der Waals surface area contributed by atoms with Crippen LogP contribution in [0.3, 0.4) is 0 Å². The van der Waals surface area contributed by atoms with Crippen molar-refractivity contribution in [2.75, 3.05) is 0 Å². The first-order valence-electron chi connectivity index (χ1n) is 6.30. The van der Waals surface area contributed by atoms with Crippen molar-refractivity contribution in [2.45, 2.75) is 19.9 Å². The molecule has 3 aromatic rings. The van der Waals surface area contributed by atoms with Crippen molar-refractivity contribution in [1.82, 2.24) is 10.2 Å². The smallest absolute Gasteiger partial charge is 0.176 e. The molecule has 3 rings (SSSR count). The lowest BCUT2D eigenvalue weighted by Crippen LogP contribution is -3.00. The van der Waals surface area contributed by atoms with E-state index in [0.717, 1.165) is 18.5 Å². The van der Waals surface area contributed by atoms with E-state index in [0.29, 0.717) is 0 Å². The zero-order chi connectivity index (χ0) is 12.4. The number of nitrogens with zero attached hydrogens (tertiary/aromatic N) is 2. The third-order valence-corrected chi connectivity index (χ3v) is 3.14. The minimum atomic E-state index is 0. The van der Waals surface area contributed by atoms with Crippen molar-refractivity contribution in [3.05, 3.63) is 48.9 Å². The fourth-order valence-corrected chi connectivity index (χ4v) is 2.30. The predicted molar refractivity (Wildman–Crippen MR) is 72.0 cm³/mol. The van der Waals surface area contributed by atoms with E-state index in [1.54, 1.807) is 0 Å². The quantitative estimate of drug-likeness (QED) is 0.512. The Morgan fingerprint density at radius 2 is 2.11 bits per heavy atom. The lowest BCUT2D eigenvalue weighted by atomic mass is 10.0. The Balaban J connectivity index is 0.00000133. The van der Waals surface area contributed by atoms with Gasteiger partial charge in [-0.2, -0.15) is 5.10 Å². The maximum Gasteiger partial charge on any atom is 0.176 e. The van der Waals surface area contributed by atoms with E-state index < -0.39 is 0 Å². The van der Waals surface area contributed by atoms with Gasteiger partial charge in [-0.15, -0.1) is 0 Å². The second-order valence-electron chi connectivity index (χ2n) is 4.47. The third-order valence-electron chi connectivity index (χ3n) is 3.14. The van der Waals surface area contributed by atoms with Crippen LogP contribution in [0, 0.1) is 0 Å². The summed E-state index contributed by atoms with van der Waals surface area (Å²) in [5.74, 6) is 0. The van der Waals surface area contributed by atoms with Gasteiger partial charge >= 0.3 is 0 Å². The Labute approximate surface area is 129 Å². The first kappa shape index (κ1) is 14.0. The number of fused-ring (bicyclic) bond motifs is 1. The number of aromatic nitrogens is 3. The molecule has 0 spiro atoms. The summed E-state index contributed by atoms with van der Waals surface area (Å²) in [5.41, 5.74) is 3.54. The standard InChI is InChI=1S/C15H16N3.HI/c1-2-8-18-9-4-5-12(11-18)13-6-3-7-15-14(13)10-16-17-15;/h3-7,9-11H,2,8H2,1H3,(H,16,17);1H/q+1;/p-1. The zero-order valence-electron chi connectivity index (χ0n) is 10.8. The highest BCUT2D eigenvalue weighted by Gasteiger charge is 2.08. The van der Waals surface area contributed by atoms with Gasteiger partial charge in [-0.3, -0.25) is 5.10 Å². The number of benzene rings is 1. The van der Waals surface area contributed by atoms with Gasteiger partial charge in [-0.25, -0.2) is 4.57 Å². The summed E-state index contributed by atoms with van der Waals surface area (Å²) in [6.07, 6.45) is 7.35. The molecule has 0 aliphatic carbocycles. The van der Waals surface area contributed by atoms with E-state index in [2.05, 4.69) is 64.4 Å². The highest BCUT2D eigenvalue weighted by Crippen LogP contribution is 2.26. The molecule has 0 aliphatic rings. The van der Waals surface area contributed by atoms with Gasteiger partial charge in [-0.05, 0) is 17.7 Å². The first-order chi connectivity index (χ1) is 8.88. The normalized spacial score (nSPS) is 10.4. The average molecular weight is 365 g/mol. The Hall–Kier alpha value is -1.43. The predicted octanol–water partition coefficient (Wildman–Crippen LogP) is -0.0686. The number of halogens is 1. The Morgan fingerprint density at radius 3 is 2.95 bits per heavy atom. The van der Waals surface area contributed by atoms with Crippen molar-refractivity contribution in [3.8, 4) is 11.1 Å². The second-order valence-corrected chi connectivity index (χ2v) is 4.47.